The van der Waals surface area contributed by atoms with E-state index in [2.05, 4.69) is 62.4 Å². The molecule has 2 rings (SSSR count). The normalized spacial score (nSPS) is 11.8. The van der Waals surface area contributed by atoms with Gasteiger partial charge in [-0.05, 0) is 16.7 Å². The molecule has 0 spiro atoms. The van der Waals surface area contributed by atoms with Crippen molar-refractivity contribution in [3.8, 4) is 0 Å². The molecule has 18 heavy (non-hydrogen) atoms. The van der Waals surface area contributed by atoms with Gasteiger partial charge in [0.2, 0.25) is 0 Å². The molecule has 0 bridgehead atoms. The van der Waals surface area contributed by atoms with Crippen molar-refractivity contribution in [1.82, 2.24) is 0 Å². The lowest BCUT2D eigenvalue weighted by Crippen LogP contribution is -2.11. The summed E-state index contributed by atoms with van der Waals surface area (Å²) in [4.78, 5) is 0. The predicted molar refractivity (Wildman–Crippen MR) is 79.5 cm³/mol. The van der Waals surface area contributed by atoms with Gasteiger partial charge in [0.05, 0.1) is 6.10 Å². The third-order valence-electron chi connectivity index (χ3n) is 2.80. The molecule has 2 aromatic rings. The van der Waals surface area contributed by atoms with Crippen LogP contribution in [0.25, 0.3) is 0 Å². The van der Waals surface area contributed by atoms with Crippen LogP contribution < -0.4 is 0 Å². The van der Waals surface area contributed by atoms with E-state index in [0.29, 0.717) is 5.54 Å². The SMILES string of the molecule is CC(C)[SiH2]OC(c1ccccc1)c1ccccc1. The van der Waals surface area contributed by atoms with Gasteiger partial charge in [-0.3, -0.25) is 0 Å². The summed E-state index contributed by atoms with van der Waals surface area (Å²) in [6.45, 7) is 4.47. The van der Waals surface area contributed by atoms with Gasteiger partial charge in [0.15, 0.2) is 9.76 Å². The van der Waals surface area contributed by atoms with Crippen molar-refractivity contribution in [1.29, 1.82) is 0 Å². The molecule has 0 aliphatic heterocycles. The number of benzene rings is 2. The fourth-order valence-electron chi connectivity index (χ4n) is 1.93. The van der Waals surface area contributed by atoms with E-state index in [0.717, 1.165) is 0 Å². The first kappa shape index (κ1) is 13.1. The lowest BCUT2D eigenvalue weighted by Gasteiger charge is -2.20. The Balaban J connectivity index is 2.24. The molecule has 0 unspecified atom stereocenters. The summed E-state index contributed by atoms with van der Waals surface area (Å²) in [5.74, 6) is 0. The molecular weight excluding hydrogens is 236 g/mol. The molecule has 0 aliphatic carbocycles. The number of hydrogen-bond acceptors (Lipinski definition) is 1. The third-order valence-corrected chi connectivity index (χ3v) is 3.99. The summed E-state index contributed by atoms with van der Waals surface area (Å²) in [5, 5.41) is 0. The van der Waals surface area contributed by atoms with Crippen LogP contribution in [-0.4, -0.2) is 9.76 Å². The minimum atomic E-state index is -0.489. The Labute approximate surface area is 112 Å². The summed E-state index contributed by atoms with van der Waals surface area (Å²) in [6.07, 6.45) is 0.0986. The zero-order valence-corrected chi connectivity index (χ0v) is 12.5. The van der Waals surface area contributed by atoms with Crippen LogP contribution in [0.2, 0.25) is 5.54 Å². The number of rotatable bonds is 5. The second-order valence-corrected chi connectivity index (χ2v) is 7.23. The van der Waals surface area contributed by atoms with Crippen LogP contribution in [0, 0.1) is 0 Å². The highest BCUT2D eigenvalue weighted by molar-refractivity contribution is 6.29. The maximum absolute atomic E-state index is 6.21. The van der Waals surface area contributed by atoms with Gasteiger partial charge in [-0.1, -0.05) is 74.5 Å². The molecule has 0 aromatic heterocycles. The van der Waals surface area contributed by atoms with Gasteiger partial charge in [0, 0.05) is 0 Å². The van der Waals surface area contributed by atoms with Crippen molar-refractivity contribution in [2.75, 3.05) is 0 Å². The zero-order valence-electron chi connectivity index (χ0n) is 11.0. The monoisotopic (exact) mass is 256 g/mol. The predicted octanol–water partition coefficient (Wildman–Crippen LogP) is 3.70. The summed E-state index contributed by atoms with van der Waals surface area (Å²) >= 11 is 0. The Hall–Kier alpha value is -1.38. The van der Waals surface area contributed by atoms with Crippen molar-refractivity contribution in [2.45, 2.75) is 25.5 Å². The molecule has 0 radical (unpaired) electrons. The molecule has 0 aliphatic rings. The molecule has 2 heteroatoms. The summed E-state index contributed by atoms with van der Waals surface area (Å²) < 4.78 is 6.21. The highest BCUT2D eigenvalue weighted by Crippen LogP contribution is 2.26. The Morgan fingerprint density at radius 1 is 0.778 bits per heavy atom. The smallest absolute Gasteiger partial charge is 0.165 e. The minimum absolute atomic E-state index is 0.0986. The lowest BCUT2D eigenvalue weighted by atomic mass is 10.0. The van der Waals surface area contributed by atoms with E-state index in [1.165, 1.54) is 11.1 Å². The van der Waals surface area contributed by atoms with Crippen molar-refractivity contribution >= 4 is 9.76 Å². The maximum atomic E-state index is 6.21. The summed E-state index contributed by atoms with van der Waals surface area (Å²) in [6, 6.07) is 21.0. The molecular formula is C16H20OSi. The lowest BCUT2D eigenvalue weighted by molar-refractivity contribution is 0.257. The summed E-state index contributed by atoms with van der Waals surface area (Å²) in [7, 11) is -0.489. The van der Waals surface area contributed by atoms with Crippen molar-refractivity contribution in [2.24, 2.45) is 0 Å². The molecule has 94 valence electrons. The van der Waals surface area contributed by atoms with Gasteiger partial charge >= 0.3 is 0 Å². The molecule has 2 aromatic carbocycles. The van der Waals surface area contributed by atoms with E-state index in [1.807, 2.05) is 12.1 Å². The Bertz CT molecular complexity index is 414. The van der Waals surface area contributed by atoms with Crippen LogP contribution >= 0.6 is 0 Å². The average molecular weight is 256 g/mol. The van der Waals surface area contributed by atoms with E-state index < -0.39 is 9.76 Å². The molecule has 0 N–H and O–H groups in total. The van der Waals surface area contributed by atoms with E-state index >= 15 is 0 Å². The van der Waals surface area contributed by atoms with Gasteiger partial charge in [-0.25, -0.2) is 0 Å². The van der Waals surface area contributed by atoms with Gasteiger partial charge < -0.3 is 4.43 Å². The first-order valence-electron chi connectivity index (χ1n) is 6.49. The van der Waals surface area contributed by atoms with Crippen LogP contribution in [0.3, 0.4) is 0 Å². The molecule has 0 fully saturated rings. The topological polar surface area (TPSA) is 9.23 Å². The van der Waals surface area contributed by atoms with Crippen molar-refractivity contribution in [3.05, 3.63) is 71.8 Å². The van der Waals surface area contributed by atoms with Crippen LogP contribution in [-0.2, 0) is 4.43 Å². The minimum Gasteiger partial charge on any atom is -0.413 e. The van der Waals surface area contributed by atoms with Crippen molar-refractivity contribution < 1.29 is 4.43 Å². The maximum Gasteiger partial charge on any atom is 0.165 e. The third kappa shape index (κ3) is 3.55. The molecule has 1 nitrogen and oxygen atoms in total. The van der Waals surface area contributed by atoms with E-state index in [1.54, 1.807) is 0 Å². The fourth-order valence-corrected chi connectivity index (χ4v) is 2.89. The van der Waals surface area contributed by atoms with Crippen LogP contribution in [0.1, 0.15) is 31.1 Å². The first-order chi connectivity index (χ1) is 8.77. The second-order valence-electron chi connectivity index (χ2n) is 4.93. The summed E-state index contributed by atoms with van der Waals surface area (Å²) in [5.41, 5.74) is 3.17. The van der Waals surface area contributed by atoms with Gasteiger partial charge in [-0.15, -0.1) is 0 Å². The van der Waals surface area contributed by atoms with Gasteiger partial charge in [0.1, 0.15) is 0 Å². The quantitative estimate of drug-likeness (QED) is 0.741. The van der Waals surface area contributed by atoms with Gasteiger partial charge in [-0.2, -0.15) is 0 Å². The van der Waals surface area contributed by atoms with Crippen LogP contribution in [0.4, 0.5) is 0 Å². The first-order valence-corrected chi connectivity index (χ1v) is 7.88. The molecule has 0 heterocycles. The van der Waals surface area contributed by atoms with Crippen LogP contribution in [0.5, 0.6) is 0 Å². The Morgan fingerprint density at radius 2 is 1.22 bits per heavy atom. The Morgan fingerprint density at radius 3 is 1.61 bits per heavy atom. The Kier molecular flexibility index (Phi) is 4.73. The molecule has 0 saturated heterocycles. The molecule has 0 amide bonds. The van der Waals surface area contributed by atoms with E-state index in [9.17, 15) is 0 Å². The highest BCUT2D eigenvalue weighted by Gasteiger charge is 2.14. The largest absolute Gasteiger partial charge is 0.413 e. The standard InChI is InChI=1S/C16H20OSi/c1-13(2)18-17-16(14-9-5-3-6-10-14)15-11-7-4-8-12-15/h3-13,16H,18H2,1-2H3. The fraction of sp³-hybridized carbons (Fsp3) is 0.250. The van der Waals surface area contributed by atoms with Crippen LogP contribution in [0.15, 0.2) is 60.7 Å². The molecule has 0 saturated carbocycles. The van der Waals surface area contributed by atoms with E-state index in [-0.39, 0.29) is 6.10 Å². The highest BCUT2D eigenvalue weighted by atomic mass is 28.2. The zero-order chi connectivity index (χ0) is 12.8. The average Bonchev–Trinajstić information content (AvgIpc) is 2.41. The number of hydrogen-bond donors (Lipinski definition) is 0. The van der Waals surface area contributed by atoms with Gasteiger partial charge in [0.25, 0.3) is 0 Å². The van der Waals surface area contributed by atoms with Crippen molar-refractivity contribution in [3.63, 3.8) is 0 Å². The van der Waals surface area contributed by atoms with E-state index in [4.69, 9.17) is 4.43 Å². The second kappa shape index (κ2) is 6.52. The molecule has 0 atom stereocenters.